The van der Waals surface area contributed by atoms with Crippen LogP contribution in [0.25, 0.3) is 5.69 Å². The van der Waals surface area contributed by atoms with Crippen molar-refractivity contribution in [3.63, 3.8) is 0 Å². The third kappa shape index (κ3) is 2.22. The second kappa shape index (κ2) is 4.81. The van der Waals surface area contributed by atoms with Crippen molar-refractivity contribution >= 4 is 5.78 Å². The van der Waals surface area contributed by atoms with Gasteiger partial charge in [0.25, 0.3) is 0 Å². The number of hydrogen-bond acceptors (Lipinski definition) is 5. The molecule has 0 radical (unpaired) electrons. The highest BCUT2D eigenvalue weighted by atomic mass is 16.6. The second-order valence-corrected chi connectivity index (χ2v) is 4.29. The molecular formula is C13H13N3O3. The summed E-state index contributed by atoms with van der Waals surface area (Å²) in [7, 11) is 1.49. The molecule has 2 unspecified atom stereocenters. The quantitative estimate of drug-likeness (QED) is 0.819. The molecule has 19 heavy (non-hydrogen) atoms. The first-order valence-electron chi connectivity index (χ1n) is 5.97. The summed E-state index contributed by atoms with van der Waals surface area (Å²) >= 11 is 0. The lowest BCUT2D eigenvalue weighted by molar-refractivity contribution is -0.151. The lowest BCUT2D eigenvalue weighted by Crippen LogP contribution is -2.51. The summed E-state index contributed by atoms with van der Waals surface area (Å²) in [5.41, 5.74) is 0.901. The minimum Gasteiger partial charge on any atom is -0.455 e. The monoisotopic (exact) mass is 259 g/mol. The SMILES string of the molecule is COC1C(=O)CC1Oc1ncn(-c2ccccc2)n1. The molecule has 6 heteroatoms. The number of carbonyl (C=O) groups is 1. The molecule has 1 aliphatic rings. The van der Waals surface area contributed by atoms with E-state index in [9.17, 15) is 4.79 Å². The molecule has 3 rings (SSSR count). The van der Waals surface area contributed by atoms with Crippen LogP contribution in [-0.2, 0) is 9.53 Å². The van der Waals surface area contributed by atoms with Crippen LogP contribution in [-0.4, -0.2) is 39.9 Å². The fourth-order valence-electron chi connectivity index (χ4n) is 2.00. The number of nitrogens with zero attached hydrogens (tertiary/aromatic N) is 3. The van der Waals surface area contributed by atoms with E-state index in [1.807, 2.05) is 30.3 Å². The van der Waals surface area contributed by atoms with Gasteiger partial charge in [-0.15, -0.1) is 5.10 Å². The summed E-state index contributed by atoms with van der Waals surface area (Å²) in [6.07, 6.45) is 1.14. The molecule has 0 N–H and O–H groups in total. The first kappa shape index (κ1) is 11.9. The molecule has 2 aromatic rings. The first-order valence-corrected chi connectivity index (χ1v) is 5.97. The van der Waals surface area contributed by atoms with E-state index in [-0.39, 0.29) is 17.9 Å². The number of methoxy groups -OCH3 is 1. The van der Waals surface area contributed by atoms with Crippen molar-refractivity contribution in [2.75, 3.05) is 7.11 Å². The Hall–Kier alpha value is -2.21. The zero-order chi connectivity index (χ0) is 13.2. The van der Waals surface area contributed by atoms with Gasteiger partial charge in [0, 0.05) is 13.5 Å². The Labute approximate surface area is 110 Å². The number of para-hydroxylation sites is 1. The van der Waals surface area contributed by atoms with Crippen LogP contribution in [0.5, 0.6) is 6.01 Å². The van der Waals surface area contributed by atoms with Crippen LogP contribution in [0.2, 0.25) is 0 Å². The minimum atomic E-state index is -0.497. The van der Waals surface area contributed by atoms with Crippen molar-refractivity contribution in [3.05, 3.63) is 36.7 Å². The van der Waals surface area contributed by atoms with E-state index >= 15 is 0 Å². The summed E-state index contributed by atoms with van der Waals surface area (Å²) in [4.78, 5) is 15.3. The summed E-state index contributed by atoms with van der Waals surface area (Å²) in [6.45, 7) is 0. The fourth-order valence-corrected chi connectivity index (χ4v) is 2.00. The Kier molecular flexibility index (Phi) is 3.00. The maximum atomic E-state index is 11.2. The maximum Gasteiger partial charge on any atom is 0.336 e. The van der Waals surface area contributed by atoms with Gasteiger partial charge in [-0.25, -0.2) is 4.68 Å². The van der Waals surface area contributed by atoms with Crippen molar-refractivity contribution < 1.29 is 14.3 Å². The van der Waals surface area contributed by atoms with Crippen LogP contribution in [0.1, 0.15) is 6.42 Å². The molecule has 6 nitrogen and oxygen atoms in total. The predicted molar refractivity (Wildman–Crippen MR) is 66.2 cm³/mol. The van der Waals surface area contributed by atoms with Crippen LogP contribution in [0.3, 0.4) is 0 Å². The molecule has 0 aliphatic heterocycles. The molecule has 98 valence electrons. The highest BCUT2D eigenvalue weighted by molar-refractivity contribution is 5.90. The van der Waals surface area contributed by atoms with Crippen LogP contribution in [0, 0.1) is 0 Å². The van der Waals surface area contributed by atoms with Crippen molar-refractivity contribution in [2.24, 2.45) is 0 Å². The molecule has 1 saturated carbocycles. The van der Waals surface area contributed by atoms with Gasteiger partial charge in [0.15, 0.2) is 11.9 Å². The summed E-state index contributed by atoms with van der Waals surface area (Å²) in [5.74, 6) is 0.0509. The third-order valence-corrected chi connectivity index (χ3v) is 3.06. The highest BCUT2D eigenvalue weighted by Crippen LogP contribution is 2.23. The van der Waals surface area contributed by atoms with Gasteiger partial charge in [-0.1, -0.05) is 18.2 Å². The van der Waals surface area contributed by atoms with Crippen LogP contribution >= 0.6 is 0 Å². The summed E-state index contributed by atoms with van der Waals surface area (Å²) < 4.78 is 12.2. The fraction of sp³-hybridized carbons (Fsp3) is 0.308. The van der Waals surface area contributed by atoms with Crippen LogP contribution in [0.4, 0.5) is 0 Å². The van der Waals surface area contributed by atoms with E-state index in [2.05, 4.69) is 10.1 Å². The van der Waals surface area contributed by atoms with Gasteiger partial charge in [0.05, 0.1) is 5.69 Å². The standard InChI is InChI=1S/C13H13N3O3/c1-18-12-10(17)7-11(12)19-13-14-8-16(15-13)9-5-3-2-4-6-9/h2-6,8,11-12H,7H2,1H3. The number of ether oxygens (including phenoxy) is 2. The third-order valence-electron chi connectivity index (χ3n) is 3.06. The maximum absolute atomic E-state index is 11.2. The number of rotatable bonds is 4. The van der Waals surface area contributed by atoms with Gasteiger partial charge in [-0.3, -0.25) is 4.79 Å². The van der Waals surface area contributed by atoms with Crippen molar-refractivity contribution in [1.82, 2.24) is 14.8 Å². The number of benzene rings is 1. The average Bonchev–Trinajstić information content (AvgIpc) is 2.88. The van der Waals surface area contributed by atoms with Gasteiger partial charge in [0.2, 0.25) is 0 Å². The van der Waals surface area contributed by atoms with E-state index in [1.54, 1.807) is 11.0 Å². The molecule has 2 atom stereocenters. The Balaban J connectivity index is 1.71. The largest absolute Gasteiger partial charge is 0.455 e. The van der Waals surface area contributed by atoms with E-state index < -0.39 is 6.10 Å². The predicted octanol–water partition coefficient (Wildman–Crippen LogP) is 1.00. The number of aromatic nitrogens is 3. The summed E-state index contributed by atoms with van der Waals surface area (Å²) in [6, 6.07) is 9.86. The van der Waals surface area contributed by atoms with Crippen LogP contribution in [0.15, 0.2) is 36.7 Å². The van der Waals surface area contributed by atoms with E-state index in [0.717, 1.165) is 5.69 Å². The van der Waals surface area contributed by atoms with Gasteiger partial charge < -0.3 is 9.47 Å². The molecule has 0 bridgehead atoms. The normalized spacial score (nSPS) is 22.1. The van der Waals surface area contributed by atoms with Crippen molar-refractivity contribution in [3.8, 4) is 11.7 Å². The lowest BCUT2D eigenvalue weighted by atomic mass is 9.90. The zero-order valence-electron chi connectivity index (χ0n) is 10.4. The molecule has 0 saturated heterocycles. The number of hydrogen-bond donors (Lipinski definition) is 0. The highest BCUT2D eigenvalue weighted by Gasteiger charge is 2.42. The number of ketones is 1. The number of Topliss-reactive ketones (excluding diaryl/α,β-unsaturated/α-hetero) is 1. The Morgan fingerprint density at radius 3 is 2.79 bits per heavy atom. The lowest BCUT2D eigenvalue weighted by Gasteiger charge is -2.32. The average molecular weight is 259 g/mol. The molecular weight excluding hydrogens is 246 g/mol. The summed E-state index contributed by atoms with van der Waals surface area (Å²) in [5, 5.41) is 4.21. The molecule has 1 aromatic heterocycles. The minimum absolute atomic E-state index is 0.0509. The molecule has 1 aliphatic carbocycles. The molecule has 0 spiro atoms. The molecule has 1 aromatic carbocycles. The van der Waals surface area contributed by atoms with Gasteiger partial charge >= 0.3 is 6.01 Å². The smallest absolute Gasteiger partial charge is 0.336 e. The van der Waals surface area contributed by atoms with E-state index in [4.69, 9.17) is 9.47 Å². The molecule has 1 fully saturated rings. The topological polar surface area (TPSA) is 66.2 Å². The van der Waals surface area contributed by atoms with E-state index in [1.165, 1.54) is 7.11 Å². The van der Waals surface area contributed by atoms with Crippen LogP contribution < -0.4 is 4.74 Å². The number of carbonyl (C=O) groups excluding carboxylic acids is 1. The Morgan fingerprint density at radius 1 is 1.32 bits per heavy atom. The van der Waals surface area contributed by atoms with Crippen molar-refractivity contribution in [1.29, 1.82) is 0 Å². The Bertz CT molecular complexity index is 582. The second-order valence-electron chi connectivity index (χ2n) is 4.29. The van der Waals surface area contributed by atoms with Crippen molar-refractivity contribution in [2.45, 2.75) is 18.6 Å². The Morgan fingerprint density at radius 2 is 2.11 bits per heavy atom. The molecule has 1 heterocycles. The van der Waals surface area contributed by atoms with E-state index in [0.29, 0.717) is 6.42 Å². The van der Waals surface area contributed by atoms with Gasteiger partial charge in [-0.05, 0) is 12.1 Å². The van der Waals surface area contributed by atoms with Gasteiger partial charge in [-0.2, -0.15) is 4.98 Å². The first-order chi connectivity index (χ1) is 9.28. The zero-order valence-corrected chi connectivity index (χ0v) is 10.4. The molecule has 0 amide bonds. The van der Waals surface area contributed by atoms with Gasteiger partial charge in [0.1, 0.15) is 12.4 Å².